The first-order valence-corrected chi connectivity index (χ1v) is 9.17. The molecule has 0 atom stereocenters. The maximum Gasteiger partial charge on any atom is 0.142 e. The van der Waals surface area contributed by atoms with Crippen molar-refractivity contribution >= 4 is 45.8 Å². The van der Waals surface area contributed by atoms with Crippen LogP contribution in [0.4, 0.5) is 4.39 Å². The largest absolute Gasteiger partial charge is 0.382 e. The maximum atomic E-state index is 13.6. The van der Waals surface area contributed by atoms with Gasteiger partial charge in [-0.1, -0.05) is 62.5 Å². The fourth-order valence-electron chi connectivity index (χ4n) is 2.01. The van der Waals surface area contributed by atoms with Crippen LogP contribution in [0, 0.1) is 11.2 Å². The van der Waals surface area contributed by atoms with Crippen molar-refractivity contribution in [2.75, 3.05) is 13.1 Å². The Bertz CT molecular complexity index is 645. The fourth-order valence-corrected chi connectivity index (χ4v) is 2.60. The molecular weight excluding hydrogens is 386 g/mol. The van der Waals surface area contributed by atoms with Gasteiger partial charge in [0.05, 0.1) is 17.3 Å². The summed E-state index contributed by atoms with van der Waals surface area (Å²) in [5, 5.41) is 7.51. The van der Waals surface area contributed by atoms with E-state index >= 15 is 0 Å². The van der Waals surface area contributed by atoms with Gasteiger partial charge >= 0.3 is 0 Å². The van der Waals surface area contributed by atoms with Crippen LogP contribution in [-0.2, 0) is 6.54 Å². The van der Waals surface area contributed by atoms with Gasteiger partial charge in [0.2, 0.25) is 0 Å². The number of hydrogen-bond acceptors (Lipinski definition) is 4. The van der Waals surface area contributed by atoms with Crippen molar-refractivity contribution in [3.05, 3.63) is 45.3 Å². The zero-order valence-electron chi connectivity index (χ0n) is 14.8. The third kappa shape index (κ3) is 6.84. The minimum absolute atomic E-state index is 0.0242. The van der Waals surface area contributed by atoms with Gasteiger partial charge < -0.3 is 10.6 Å². The molecule has 0 fully saturated rings. The molecule has 2 rings (SSSR count). The third-order valence-electron chi connectivity index (χ3n) is 3.01. The molecule has 1 aliphatic rings. The van der Waals surface area contributed by atoms with Gasteiger partial charge in [-0.2, -0.15) is 0 Å². The van der Waals surface area contributed by atoms with Gasteiger partial charge in [-0.25, -0.2) is 4.39 Å². The van der Waals surface area contributed by atoms with E-state index in [1.165, 1.54) is 18.2 Å². The summed E-state index contributed by atoms with van der Waals surface area (Å²) in [6.07, 6.45) is 1.39. The van der Waals surface area contributed by atoms with E-state index in [2.05, 4.69) is 4.99 Å². The average Bonchev–Trinajstić information content (AvgIpc) is 2.61. The molecule has 0 unspecified atom stereocenters. The van der Waals surface area contributed by atoms with Crippen LogP contribution in [0.5, 0.6) is 0 Å². The Hall–Kier alpha value is -1.30. The molecule has 8 heteroatoms. The Kier molecular flexibility index (Phi) is 11.5. The summed E-state index contributed by atoms with van der Waals surface area (Å²) in [5.41, 5.74) is 6.78. The zero-order valence-corrected chi connectivity index (χ0v) is 17.1. The van der Waals surface area contributed by atoms with Crippen molar-refractivity contribution in [3.63, 3.8) is 0 Å². The van der Waals surface area contributed by atoms with E-state index in [0.29, 0.717) is 29.4 Å². The Morgan fingerprint density at radius 2 is 1.92 bits per heavy atom. The van der Waals surface area contributed by atoms with Crippen molar-refractivity contribution in [2.24, 2.45) is 10.7 Å². The number of nitrogens with zero attached hydrogens (tertiary/aromatic N) is 2. The number of allylic oxidation sites excluding steroid dienone is 1. The number of rotatable bonds is 3. The van der Waals surface area contributed by atoms with Crippen LogP contribution < -0.4 is 5.73 Å². The number of hydrogen-bond donors (Lipinski definition) is 2. The number of nitrogens with two attached hydrogens (primary N) is 1. The van der Waals surface area contributed by atoms with E-state index in [0.717, 1.165) is 0 Å². The quantitative estimate of drug-likeness (QED) is 0.514. The fraction of sp³-hybridized carbons (Fsp3) is 0.412. The summed E-state index contributed by atoms with van der Waals surface area (Å²) >= 11 is 17.6. The molecule has 1 aliphatic heterocycles. The predicted octanol–water partition coefficient (Wildman–Crippen LogP) is 5.46. The molecule has 140 valence electrons. The SMILES string of the molecule is CC.CC.N=C(Cl)/C=C1\C(N)=NCCN1Cc1c(Cl)ccc(F)c1Cl. The van der Waals surface area contributed by atoms with Crippen LogP contribution >= 0.6 is 34.8 Å². The Morgan fingerprint density at radius 3 is 2.48 bits per heavy atom. The zero-order chi connectivity index (χ0) is 19.6. The minimum atomic E-state index is -0.537. The number of amidine groups is 1. The highest BCUT2D eigenvalue weighted by molar-refractivity contribution is 6.67. The average molecular weight is 410 g/mol. The highest BCUT2D eigenvalue weighted by Gasteiger charge is 2.21. The summed E-state index contributed by atoms with van der Waals surface area (Å²) in [4.78, 5) is 5.92. The van der Waals surface area contributed by atoms with E-state index in [-0.39, 0.29) is 22.6 Å². The normalized spacial score (nSPS) is 14.8. The molecule has 0 bridgehead atoms. The van der Waals surface area contributed by atoms with E-state index in [1.807, 2.05) is 32.6 Å². The van der Waals surface area contributed by atoms with Crippen molar-refractivity contribution < 1.29 is 4.39 Å². The van der Waals surface area contributed by atoms with E-state index < -0.39 is 5.82 Å². The van der Waals surface area contributed by atoms with Crippen LogP contribution in [0.3, 0.4) is 0 Å². The first-order valence-electron chi connectivity index (χ1n) is 8.03. The molecule has 1 heterocycles. The highest BCUT2D eigenvalue weighted by atomic mass is 35.5. The lowest BCUT2D eigenvalue weighted by Crippen LogP contribution is -2.38. The van der Waals surface area contributed by atoms with Crippen LogP contribution in [0.1, 0.15) is 33.3 Å². The van der Waals surface area contributed by atoms with Crippen molar-refractivity contribution in [1.82, 2.24) is 4.90 Å². The van der Waals surface area contributed by atoms with Gasteiger partial charge in [0.25, 0.3) is 0 Å². The van der Waals surface area contributed by atoms with Gasteiger partial charge in [-0.05, 0) is 12.1 Å². The highest BCUT2D eigenvalue weighted by Crippen LogP contribution is 2.29. The van der Waals surface area contributed by atoms with Crippen molar-refractivity contribution in [3.8, 4) is 0 Å². The van der Waals surface area contributed by atoms with Crippen LogP contribution in [0.25, 0.3) is 0 Å². The molecule has 25 heavy (non-hydrogen) atoms. The van der Waals surface area contributed by atoms with Crippen LogP contribution in [-0.4, -0.2) is 29.0 Å². The van der Waals surface area contributed by atoms with E-state index in [1.54, 1.807) is 0 Å². The summed E-state index contributed by atoms with van der Waals surface area (Å²) in [5.74, 6) is -0.263. The monoisotopic (exact) mass is 408 g/mol. The third-order valence-corrected chi connectivity index (χ3v) is 3.88. The molecule has 0 saturated heterocycles. The first kappa shape index (κ1) is 23.7. The topological polar surface area (TPSA) is 65.5 Å². The summed E-state index contributed by atoms with van der Waals surface area (Å²) in [6, 6.07) is 2.66. The second kappa shape index (κ2) is 12.1. The number of aliphatic imine (C=N–C) groups is 1. The van der Waals surface area contributed by atoms with Gasteiger partial charge in [0, 0.05) is 29.8 Å². The molecule has 4 nitrogen and oxygen atoms in total. The van der Waals surface area contributed by atoms with Crippen molar-refractivity contribution in [2.45, 2.75) is 34.2 Å². The van der Waals surface area contributed by atoms with E-state index in [9.17, 15) is 4.39 Å². The molecule has 0 amide bonds. The molecule has 3 N–H and O–H groups in total. The molecule has 1 aromatic carbocycles. The summed E-state index contributed by atoms with van der Waals surface area (Å²) < 4.78 is 13.6. The number of halogens is 4. The number of nitrogens with one attached hydrogen (secondary N) is 1. The minimum Gasteiger partial charge on any atom is -0.382 e. The van der Waals surface area contributed by atoms with Gasteiger partial charge in [0.1, 0.15) is 16.8 Å². The molecular formula is C17H24Cl3FN4. The molecule has 1 aromatic rings. The Labute approximate surface area is 164 Å². The summed E-state index contributed by atoms with van der Waals surface area (Å²) in [6.45, 7) is 9.28. The molecule has 0 aliphatic carbocycles. The van der Waals surface area contributed by atoms with Crippen LogP contribution in [0.2, 0.25) is 10.0 Å². The standard InChI is InChI=1S/C13H12Cl3FN4.2C2H6/c14-8-1-2-9(17)12(16)7(8)6-21-4-3-20-13(19)10(21)5-11(15)18;2*1-2/h1-2,5,18H,3-4,6H2,(H2,19,20);2*1-2H3/b10-5+,18-11?;;. The second-order valence-corrected chi connectivity index (χ2v) is 5.58. The summed E-state index contributed by atoms with van der Waals surface area (Å²) in [7, 11) is 0. The van der Waals surface area contributed by atoms with Gasteiger partial charge in [-0.3, -0.25) is 10.4 Å². The van der Waals surface area contributed by atoms with Gasteiger partial charge in [0.15, 0.2) is 0 Å². The Balaban J connectivity index is 0.00000134. The second-order valence-electron chi connectivity index (χ2n) is 4.39. The molecule has 0 spiro atoms. The lowest BCUT2D eigenvalue weighted by molar-refractivity contribution is 0.352. The molecule has 0 saturated carbocycles. The lowest BCUT2D eigenvalue weighted by Gasteiger charge is -2.30. The van der Waals surface area contributed by atoms with Crippen molar-refractivity contribution in [1.29, 1.82) is 5.41 Å². The maximum absolute atomic E-state index is 13.6. The van der Waals surface area contributed by atoms with Gasteiger partial charge in [-0.15, -0.1) is 0 Å². The molecule has 0 radical (unpaired) electrons. The lowest BCUT2D eigenvalue weighted by atomic mass is 10.1. The first-order chi connectivity index (χ1) is 11.9. The van der Waals surface area contributed by atoms with E-state index in [4.69, 9.17) is 45.9 Å². The predicted molar refractivity (Wildman–Crippen MR) is 108 cm³/mol. The van der Waals surface area contributed by atoms with Crippen LogP contribution in [0.15, 0.2) is 28.9 Å². The molecule has 0 aromatic heterocycles. The smallest absolute Gasteiger partial charge is 0.142 e. The number of benzene rings is 1. The Morgan fingerprint density at radius 1 is 1.32 bits per heavy atom.